The number of rotatable bonds is 9. The molecule has 0 fully saturated rings. The van der Waals surface area contributed by atoms with Crippen molar-refractivity contribution in [1.29, 1.82) is 0 Å². The molecule has 108 heavy (non-hydrogen) atoms. The Kier molecular flexibility index (Phi) is 22.2. The van der Waals surface area contributed by atoms with E-state index in [0.29, 0.717) is 19.3 Å². The van der Waals surface area contributed by atoms with Gasteiger partial charge in [-0.05, 0) is 206 Å². The predicted octanol–water partition coefficient (Wildman–Crippen LogP) is 9.40. The van der Waals surface area contributed by atoms with Crippen LogP contribution < -0.4 is 27.6 Å². The number of nitrogens with one attached hydrogen (secondary N) is 3. The first-order valence-electron chi connectivity index (χ1n) is 36.7. The number of aromatic nitrogens is 15. The van der Waals surface area contributed by atoms with Gasteiger partial charge >= 0.3 is 0 Å². The Morgan fingerprint density at radius 3 is 1.02 bits per heavy atom. The molecular formula is C79H89N23O6. The highest BCUT2D eigenvalue weighted by Gasteiger charge is 2.46. The highest BCUT2D eigenvalue weighted by atomic mass is 16.1. The quantitative estimate of drug-likeness (QED) is 0.0663. The molecular weight excluding hydrogens is 1370 g/mol. The first-order chi connectivity index (χ1) is 52.3. The Balaban J connectivity index is 0.000000133. The summed E-state index contributed by atoms with van der Waals surface area (Å²) in [4.78, 5) is 78.7. The Labute approximate surface area is 624 Å². The maximum Gasteiger partial charge on any atom is 0.192 e. The molecule has 556 valence electrons. The summed E-state index contributed by atoms with van der Waals surface area (Å²) in [6.07, 6.45) is 36.0. The van der Waals surface area contributed by atoms with Gasteiger partial charge in [-0.1, -0.05) is 34.9 Å². The van der Waals surface area contributed by atoms with Crippen molar-refractivity contribution in [2.75, 3.05) is 32.8 Å². The zero-order valence-electron chi connectivity index (χ0n) is 62.4. The van der Waals surface area contributed by atoms with E-state index in [4.69, 9.17) is 16.8 Å². The lowest BCUT2D eigenvalue weighted by atomic mass is 9.79. The van der Waals surface area contributed by atoms with Crippen LogP contribution in [0.25, 0.3) is 0 Å². The number of Topliss-reactive ketones (excluding diaryl/α,β-unsaturated/α-hetero) is 5. The fraction of sp³-hybridized carbons (Fsp3) is 0.380. The Hall–Kier alpha value is -12.2. The fourth-order valence-electron chi connectivity index (χ4n) is 16.8. The van der Waals surface area contributed by atoms with Gasteiger partial charge < -0.3 is 27.6 Å². The van der Waals surface area contributed by atoms with Crippen molar-refractivity contribution < 1.29 is 28.8 Å². The topological polar surface area (TPSA) is 381 Å². The van der Waals surface area contributed by atoms with E-state index >= 15 is 0 Å². The molecule has 3 unspecified atom stereocenters. The highest BCUT2D eigenvalue weighted by Crippen LogP contribution is 2.53. The van der Waals surface area contributed by atoms with Gasteiger partial charge in [0.25, 0.3) is 0 Å². The van der Waals surface area contributed by atoms with Crippen LogP contribution in [-0.4, -0.2) is 147 Å². The number of carbonyl (C=O) groups is 6. The summed E-state index contributed by atoms with van der Waals surface area (Å²) in [5.74, 6) is 10.4. The van der Waals surface area contributed by atoms with Gasteiger partial charge in [-0.25, -0.2) is 23.4 Å². The minimum atomic E-state index is -0.176. The van der Waals surface area contributed by atoms with Crippen molar-refractivity contribution >= 4 is 51.8 Å². The lowest BCUT2D eigenvalue weighted by Gasteiger charge is -2.25. The molecule has 0 radical (unpaired) electrons. The van der Waals surface area contributed by atoms with E-state index in [2.05, 4.69) is 108 Å². The van der Waals surface area contributed by atoms with E-state index in [9.17, 15) is 28.8 Å². The molecule has 8 aromatic rings. The lowest BCUT2D eigenvalue weighted by molar-refractivity contribution is -0.115. The van der Waals surface area contributed by atoms with Crippen LogP contribution in [0.3, 0.4) is 0 Å². The number of nitrogens with zero attached hydrogens (tertiary/aromatic N) is 18. The van der Waals surface area contributed by atoms with Crippen molar-refractivity contribution in [3.63, 3.8) is 0 Å². The smallest absolute Gasteiger partial charge is 0.192 e. The number of aryl methyl sites for hydroxylation is 3. The molecule has 9 aliphatic rings. The van der Waals surface area contributed by atoms with Crippen molar-refractivity contribution in [2.45, 2.75) is 175 Å². The Bertz CT molecular complexity index is 5130. The molecule has 0 amide bonds. The van der Waals surface area contributed by atoms with Gasteiger partial charge in [0, 0.05) is 125 Å². The highest BCUT2D eigenvalue weighted by molar-refractivity contribution is 6.21. The van der Waals surface area contributed by atoms with E-state index in [1.165, 1.54) is 45.8 Å². The predicted molar refractivity (Wildman–Crippen MR) is 406 cm³/mol. The normalized spacial score (nSPS) is 21.5. The van der Waals surface area contributed by atoms with Crippen molar-refractivity contribution in [3.8, 4) is 0 Å². The first kappa shape index (κ1) is 74.1. The number of hydrogen-bond acceptors (Lipinski definition) is 24. The maximum atomic E-state index is 14.2. The SMILES string of the molecule is CN/C(C)=C1\C(=O)c2c(cc(C)c3c2CCC/C3=N\n2cnnc2)C1C1=C/C(=N/n2cnnc2)CCC1.CN/C(C)=C1\C(=O)c2c(cc(C)c3c2CCCC3=O)C1C1=C/C(=N/n2cnnc2)CCC1.CN/C(C)=C1\C(=O)c2c(cc(C)c3c2CCCC3=O)C1C1=CC(=O)CCC1.Nn1cnnc1.Nn1cnnc1. The van der Waals surface area contributed by atoms with Gasteiger partial charge in [-0.3, -0.25) is 28.8 Å². The number of ketones is 6. The first-order valence-corrected chi connectivity index (χ1v) is 36.7. The maximum absolute atomic E-state index is 14.2. The number of allylic oxidation sites excluding steroid dienone is 12. The summed E-state index contributed by atoms with van der Waals surface area (Å²) in [5, 5.41) is 60.5. The molecule has 0 saturated carbocycles. The molecule has 9 aliphatic carbocycles. The summed E-state index contributed by atoms with van der Waals surface area (Å²) < 4.78 is 7.45. The van der Waals surface area contributed by atoms with Gasteiger partial charge in [0.1, 0.15) is 63.3 Å². The van der Waals surface area contributed by atoms with Crippen LogP contribution in [0.4, 0.5) is 0 Å². The van der Waals surface area contributed by atoms with Crippen LogP contribution in [0.1, 0.15) is 242 Å². The monoisotopic (exact) mass is 1460 g/mol. The number of carbonyl (C=O) groups excluding carboxylic acids is 6. The molecule has 17 rings (SSSR count). The van der Waals surface area contributed by atoms with Crippen LogP contribution in [0.2, 0.25) is 0 Å². The molecule has 0 aliphatic heterocycles. The average Bonchev–Trinajstić information content (AvgIpc) is 1.58. The standard InChI is InChI=1S/C27H29N9O.C25H27N5O2.C23H25NO3.2C2H4N4/c1-16-10-21-25(18-6-4-7-19(11-18)33-35-12-29-30-13-35)24(17(2)28-3)27(37)26(21)20-8-5-9-22(23(16)20)34-36-14-31-32-15-36;1-14-10-19-23(16-6-4-7-17(11-16)29-30-12-27-28-13-30)22(15(2)26-3)25(32)24(19)18-8-5-9-20(31)21(14)18;1-12-10-17-21(14-6-4-7-15(25)11-14)20(13(2)24-3)23(27)22(17)16-8-5-9-18(26)19(12)16;2*3-6-1-4-5-2-6/h10-15,25,28H,4-9H2,1-3H3;10-13,23,26H,4-9H2,1-3H3;10-11,21,24H,4-9H2,1-3H3;2*1-2H,3H2/b24-17-,33-19+,34-22+;22-15-,29-17+;20-13-;;. The third-order valence-corrected chi connectivity index (χ3v) is 21.5. The molecule has 7 N–H and O–H groups in total. The summed E-state index contributed by atoms with van der Waals surface area (Å²) >= 11 is 0. The van der Waals surface area contributed by atoms with Gasteiger partial charge in [-0.2, -0.15) is 15.3 Å². The third-order valence-electron chi connectivity index (χ3n) is 21.5. The largest absolute Gasteiger partial charge is 0.391 e. The van der Waals surface area contributed by atoms with E-state index in [1.54, 1.807) is 58.1 Å². The number of benzene rings is 3. The third kappa shape index (κ3) is 14.9. The second kappa shape index (κ2) is 32.3. The molecule has 3 atom stereocenters. The zero-order chi connectivity index (χ0) is 76.0. The van der Waals surface area contributed by atoms with E-state index < -0.39 is 0 Å². The molecule has 5 heterocycles. The summed E-state index contributed by atoms with van der Waals surface area (Å²) in [5.41, 5.74) is 25.6. The number of nitrogens with two attached hydrogens (primary N) is 2. The van der Waals surface area contributed by atoms with Crippen molar-refractivity contribution in [1.82, 2.24) is 90.3 Å². The number of fused-ring (bicyclic) bond motifs is 9. The van der Waals surface area contributed by atoms with Crippen LogP contribution in [0.15, 0.2) is 166 Å². The summed E-state index contributed by atoms with van der Waals surface area (Å²) in [7, 11) is 5.56. The van der Waals surface area contributed by atoms with Crippen LogP contribution in [0.5, 0.6) is 0 Å². The minimum Gasteiger partial charge on any atom is -0.391 e. The second-order valence-corrected chi connectivity index (χ2v) is 28.4. The Morgan fingerprint density at radius 2 is 0.676 bits per heavy atom. The van der Waals surface area contributed by atoms with E-state index in [0.717, 1.165) is 236 Å². The number of nitrogen functional groups attached to an aromatic ring is 2. The molecule has 3 aromatic carbocycles. The molecule has 29 nitrogen and oxygen atoms in total. The van der Waals surface area contributed by atoms with Gasteiger partial charge in [0.05, 0.1) is 17.1 Å². The van der Waals surface area contributed by atoms with Crippen LogP contribution >= 0.6 is 0 Å². The van der Waals surface area contributed by atoms with Crippen LogP contribution in [0, 0.1) is 20.8 Å². The molecule has 0 spiro atoms. The summed E-state index contributed by atoms with van der Waals surface area (Å²) in [6.45, 7) is 12.0. The van der Waals surface area contributed by atoms with Gasteiger partial charge in [-0.15, -0.1) is 51.0 Å². The minimum absolute atomic E-state index is 0.0201. The molecule has 5 aromatic heterocycles. The van der Waals surface area contributed by atoms with Crippen LogP contribution in [-0.2, 0) is 24.1 Å². The molecule has 29 heteroatoms. The van der Waals surface area contributed by atoms with E-state index in [1.807, 2.05) is 61.8 Å². The second-order valence-electron chi connectivity index (χ2n) is 28.4. The molecule has 0 bridgehead atoms. The van der Waals surface area contributed by atoms with E-state index in [-0.39, 0.29) is 52.5 Å². The summed E-state index contributed by atoms with van der Waals surface area (Å²) in [6, 6.07) is 6.32. The van der Waals surface area contributed by atoms with Gasteiger partial charge in [0.2, 0.25) is 0 Å². The van der Waals surface area contributed by atoms with Crippen molar-refractivity contribution in [3.05, 3.63) is 234 Å². The zero-order valence-corrected chi connectivity index (χ0v) is 62.4. The molecule has 0 saturated heterocycles. The Morgan fingerprint density at radius 1 is 0.370 bits per heavy atom. The fourth-order valence-corrected chi connectivity index (χ4v) is 16.8. The van der Waals surface area contributed by atoms with Crippen molar-refractivity contribution in [2.24, 2.45) is 15.3 Å². The number of hydrogen-bond donors (Lipinski definition) is 5. The lowest BCUT2D eigenvalue weighted by Crippen LogP contribution is -2.19. The average molecular weight is 1460 g/mol. The van der Waals surface area contributed by atoms with Gasteiger partial charge in [0.15, 0.2) is 34.7 Å².